The van der Waals surface area contributed by atoms with Crippen LogP contribution in [0, 0.1) is 0 Å². The van der Waals surface area contributed by atoms with Gasteiger partial charge in [0.05, 0.1) is 12.7 Å². The van der Waals surface area contributed by atoms with Gasteiger partial charge >= 0.3 is 0 Å². The van der Waals surface area contributed by atoms with E-state index >= 15 is 0 Å². The predicted octanol–water partition coefficient (Wildman–Crippen LogP) is 2.31. The lowest BCUT2D eigenvalue weighted by Gasteiger charge is -2.12. The summed E-state index contributed by atoms with van der Waals surface area (Å²) < 4.78 is 4.85. The second-order valence-electron chi connectivity index (χ2n) is 4.01. The summed E-state index contributed by atoms with van der Waals surface area (Å²) in [6.45, 7) is 0.657. The molecule has 0 saturated heterocycles. The number of fused-ring (bicyclic) bond motifs is 1. The molecule has 0 bridgehead atoms. The van der Waals surface area contributed by atoms with E-state index in [4.69, 9.17) is 16.3 Å². The summed E-state index contributed by atoms with van der Waals surface area (Å²) in [5.74, 6) is 0.647. The van der Waals surface area contributed by atoms with Crippen molar-refractivity contribution in [2.24, 2.45) is 0 Å². The summed E-state index contributed by atoms with van der Waals surface area (Å²) >= 11 is 6.10. The van der Waals surface area contributed by atoms with Crippen molar-refractivity contribution in [2.75, 3.05) is 25.6 Å². The zero-order chi connectivity index (χ0) is 13.0. The first-order chi connectivity index (χ1) is 8.70. The Morgan fingerprint density at radius 3 is 3.00 bits per heavy atom. The normalized spacial score (nSPS) is 12.6. The number of aliphatic hydroxyl groups is 1. The zero-order valence-electron chi connectivity index (χ0n) is 10.1. The van der Waals surface area contributed by atoms with Crippen LogP contribution in [0.3, 0.4) is 0 Å². The molecule has 4 nitrogen and oxygen atoms in total. The molecule has 0 spiro atoms. The molecule has 2 N–H and O–H groups in total. The van der Waals surface area contributed by atoms with Gasteiger partial charge in [0, 0.05) is 19.0 Å². The van der Waals surface area contributed by atoms with Gasteiger partial charge in [0.25, 0.3) is 0 Å². The second kappa shape index (κ2) is 6.00. The molecule has 1 aromatic carbocycles. The van der Waals surface area contributed by atoms with E-state index in [1.54, 1.807) is 7.11 Å². The van der Waals surface area contributed by atoms with Crippen LogP contribution in [-0.4, -0.2) is 36.5 Å². The first-order valence-electron chi connectivity index (χ1n) is 5.67. The fourth-order valence-electron chi connectivity index (χ4n) is 1.72. The second-order valence-corrected chi connectivity index (χ2v) is 4.37. The van der Waals surface area contributed by atoms with Crippen LogP contribution in [0.5, 0.6) is 0 Å². The number of hydrogen-bond acceptors (Lipinski definition) is 4. The fourth-order valence-corrected chi connectivity index (χ4v) is 1.98. The van der Waals surface area contributed by atoms with E-state index in [2.05, 4.69) is 10.3 Å². The number of halogens is 1. The van der Waals surface area contributed by atoms with Gasteiger partial charge in [0.2, 0.25) is 0 Å². The Kier molecular flexibility index (Phi) is 4.36. The molecular formula is C13H15ClN2O2. The Hall–Kier alpha value is -1.36. The highest BCUT2D eigenvalue weighted by atomic mass is 35.5. The molecule has 0 aliphatic heterocycles. The standard InChI is InChI=1S/C13H15ClN2O2/c1-18-8-10(17)7-15-12-6-9-4-2-3-5-11(9)13(14)16-12/h2-6,10,17H,7-8H2,1H3,(H,15,16)/t10-/m1/s1. The Labute approximate surface area is 111 Å². The van der Waals surface area contributed by atoms with Crippen LogP contribution in [-0.2, 0) is 4.74 Å². The minimum atomic E-state index is -0.568. The monoisotopic (exact) mass is 266 g/mol. The summed E-state index contributed by atoms with van der Waals surface area (Å²) in [4.78, 5) is 4.24. The van der Waals surface area contributed by atoms with Crippen molar-refractivity contribution < 1.29 is 9.84 Å². The summed E-state index contributed by atoms with van der Waals surface area (Å²) in [5, 5.41) is 15.0. The van der Waals surface area contributed by atoms with Crippen LogP contribution >= 0.6 is 11.6 Å². The van der Waals surface area contributed by atoms with Crippen molar-refractivity contribution >= 4 is 28.2 Å². The summed E-state index contributed by atoms with van der Waals surface area (Å²) in [7, 11) is 1.55. The van der Waals surface area contributed by atoms with Crippen LogP contribution in [0.15, 0.2) is 30.3 Å². The number of methoxy groups -OCH3 is 1. The van der Waals surface area contributed by atoms with Gasteiger partial charge in [-0.25, -0.2) is 4.98 Å². The molecule has 96 valence electrons. The molecule has 0 saturated carbocycles. The molecule has 5 heteroatoms. The van der Waals surface area contributed by atoms with Crippen LogP contribution in [0.4, 0.5) is 5.82 Å². The van der Waals surface area contributed by atoms with Gasteiger partial charge in [-0.05, 0) is 11.5 Å². The number of nitrogens with one attached hydrogen (secondary N) is 1. The van der Waals surface area contributed by atoms with Gasteiger partial charge in [-0.3, -0.25) is 0 Å². The Bertz CT molecular complexity index is 533. The van der Waals surface area contributed by atoms with E-state index in [0.717, 1.165) is 10.8 Å². The number of aliphatic hydroxyl groups excluding tert-OH is 1. The molecule has 0 fully saturated rings. The molecule has 0 unspecified atom stereocenters. The number of aromatic nitrogens is 1. The highest BCUT2D eigenvalue weighted by Gasteiger charge is 2.06. The quantitative estimate of drug-likeness (QED) is 0.816. The van der Waals surface area contributed by atoms with Gasteiger partial charge in [0.15, 0.2) is 0 Å². The number of anilines is 1. The molecule has 0 aliphatic rings. The molecule has 2 rings (SSSR count). The smallest absolute Gasteiger partial charge is 0.139 e. The third-order valence-corrected chi connectivity index (χ3v) is 2.86. The molecule has 1 atom stereocenters. The van der Waals surface area contributed by atoms with Crippen molar-refractivity contribution in [3.63, 3.8) is 0 Å². The molecular weight excluding hydrogens is 252 g/mol. The maximum absolute atomic E-state index is 9.54. The van der Waals surface area contributed by atoms with Gasteiger partial charge in [-0.1, -0.05) is 35.9 Å². The van der Waals surface area contributed by atoms with Gasteiger partial charge in [0.1, 0.15) is 11.0 Å². The van der Waals surface area contributed by atoms with Gasteiger partial charge in [-0.2, -0.15) is 0 Å². The highest BCUT2D eigenvalue weighted by Crippen LogP contribution is 2.24. The van der Waals surface area contributed by atoms with Crippen molar-refractivity contribution in [3.8, 4) is 0 Å². The number of pyridine rings is 1. The summed E-state index contributed by atoms with van der Waals surface area (Å²) in [6.07, 6.45) is -0.568. The first kappa shape index (κ1) is 13.1. The fraction of sp³-hybridized carbons (Fsp3) is 0.308. The minimum Gasteiger partial charge on any atom is -0.389 e. The van der Waals surface area contributed by atoms with Crippen LogP contribution in [0.1, 0.15) is 0 Å². The Morgan fingerprint density at radius 1 is 1.44 bits per heavy atom. The van der Waals surface area contributed by atoms with Crippen molar-refractivity contribution in [2.45, 2.75) is 6.10 Å². The van der Waals surface area contributed by atoms with E-state index in [1.165, 1.54) is 0 Å². The van der Waals surface area contributed by atoms with Crippen molar-refractivity contribution in [1.82, 2.24) is 4.98 Å². The average Bonchev–Trinajstić information content (AvgIpc) is 2.37. The molecule has 2 aromatic rings. The summed E-state index contributed by atoms with van der Waals surface area (Å²) in [6, 6.07) is 9.67. The van der Waals surface area contributed by atoms with E-state index in [9.17, 15) is 5.11 Å². The number of nitrogens with zero attached hydrogens (tertiary/aromatic N) is 1. The first-order valence-corrected chi connectivity index (χ1v) is 6.04. The third kappa shape index (κ3) is 3.10. The molecule has 0 aliphatic carbocycles. The van der Waals surface area contributed by atoms with E-state index in [0.29, 0.717) is 17.5 Å². The van der Waals surface area contributed by atoms with Crippen LogP contribution in [0.25, 0.3) is 10.8 Å². The molecule has 0 amide bonds. The largest absolute Gasteiger partial charge is 0.389 e. The number of ether oxygens (including phenoxy) is 1. The van der Waals surface area contributed by atoms with Gasteiger partial charge < -0.3 is 15.2 Å². The SMILES string of the molecule is COC[C@H](O)CNc1cc2ccccc2c(Cl)n1. The third-order valence-electron chi connectivity index (χ3n) is 2.57. The predicted molar refractivity (Wildman–Crippen MR) is 73.1 cm³/mol. The van der Waals surface area contributed by atoms with Crippen LogP contribution < -0.4 is 5.32 Å². The van der Waals surface area contributed by atoms with Crippen LogP contribution in [0.2, 0.25) is 5.15 Å². The Morgan fingerprint density at radius 2 is 2.22 bits per heavy atom. The van der Waals surface area contributed by atoms with Crippen molar-refractivity contribution in [1.29, 1.82) is 0 Å². The van der Waals surface area contributed by atoms with Gasteiger partial charge in [-0.15, -0.1) is 0 Å². The number of benzene rings is 1. The lowest BCUT2D eigenvalue weighted by atomic mass is 10.2. The number of rotatable bonds is 5. The minimum absolute atomic E-state index is 0.286. The maximum atomic E-state index is 9.54. The van der Waals surface area contributed by atoms with E-state index in [-0.39, 0.29) is 6.61 Å². The Balaban J connectivity index is 2.14. The molecule has 18 heavy (non-hydrogen) atoms. The van der Waals surface area contributed by atoms with Crippen molar-refractivity contribution in [3.05, 3.63) is 35.5 Å². The molecule has 1 aromatic heterocycles. The number of hydrogen-bond donors (Lipinski definition) is 2. The maximum Gasteiger partial charge on any atom is 0.139 e. The zero-order valence-corrected chi connectivity index (χ0v) is 10.8. The van der Waals surface area contributed by atoms with E-state index in [1.807, 2.05) is 30.3 Å². The van der Waals surface area contributed by atoms with E-state index < -0.39 is 6.10 Å². The summed E-state index contributed by atoms with van der Waals surface area (Å²) in [5.41, 5.74) is 0. The lowest BCUT2D eigenvalue weighted by Crippen LogP contribution is -2.24. The molecule has 0 radical (unpaired) electrons. The topological polar surface area (TPSA) is 54.4 Å². The average molecular weight is 267 g/mol. The lowest BCUT2D eigenvalue weighted by molar-refractivity contribution is 0.0727. The highest BCUT2D eigenvalue weighted by molar-refractivity contribution is 6.34. The molecule has 1 heterocycles.